The van der Waals surface area contributed by atoms with Crippen LogP contribution >= 0.6 is 0 Å². The summed E-state index contributed by atoms with van der Waals surface area (Å²) in [6.45, 7) is 13.8. The van der Waals surface area contributed by atoms with Crippen molar-refractivity contribution in [1.82, 2.24) is 20.9 Å². The highest BCUT2D eigenvalue weighted by atomic mass is 16.6. The van der Waals surface area contributed by atoms with Gasteiger partial charge < -0.3 is 25.6 Å². The number of alkyl carbamates (subject to hydrolysis) is 1. The fourth-order valence-electron chi connectivity index (χ4n) is 2.82. The van der Waals surface area contributed by atoms with Gasteiger partial charge in [0.25, 0.3) is 0 Å². The standard InChI is InChI=1S/C19H39N5O2/c1-16-8-14-24(15-9-16)13-7-12-22-17(20-5)21-10-6-11-23-18(25)26-19(2,3)4/h16H,6-15H2,1-5H3,(H,23,25)(H2,20,21,22). The molecule has 0 radical (unpaired) electrons. The van der Waals surface area contributed by atoms with E-state index in [2.05, 4.69) is 32.8 Å². The van der Waals surface area contributed by atoms with Crippen molar-refractivity contribution in [3.05, 3.63) is 0 Å². The Morgan fingerprint density at radius 2 is 1.65 bits per heavy atom. The number of rotatable bonds is 8. The second-order valence-electron chi connectivity index (χ2n) is 8.09. The minimum atomic E-state index is -0.458. The molecule has 1 aliphatic heterocycles. The molecular weight excluding hydrogens is 330 g/mol. The van der Waals surface area contributed by atoms with Gasteiger partial charge in [0.2, 0.25) is 0 Å². The van der Waals surface area contributed by atoms with E-state index in [4.69, 9.17) is 4.74 Å². The average molecular weight is 370 g/mol. The van der Waals surface area contributed by atoms with Crippen LogP contribution in [0.15, 0.2) is 4.99 Å². The molecule has 1 aliphatic rings. The van der Waals surface area contributed by atoms with Gasteiger partial charge in [-0.3, -0.25) is 4.99 Å². The predicted molar refractivity (Wildman–Crippen MR) is 108 cm³/mol. The van der Waals surface area contributed by atoms with Gasteiger partial charge in [0.1, 0.15) is 5.60 Å². The van der Waals surface area contributed by atoms with Gasteiger partial charge in [-0.2, -0.15) is 0 Å². The Balaban J connectivity index is 2.02. The van der Waals surface area contributed by atoms with E-state index in [0.29, 0.717) is 6.54 Å². The van der Waals surface area contributed by atoms with Crippen molar-refractivity contribution in [1.29, 1.82) is 0 Å². The number of carbonyl (C=O) groups is 1. The average Bonchev–Trinajstić information content (AvgIpc) is 2.56. The molecule has 152 valence electrons. The molecule has 0 aliphatic carbocycles. The molecule has 1 amide bonds. The maximum absolute atomic E-state index is 11.5. The van der Waals surface area contributed by atoms with Gasteiger partial charge in [0.15, 0.2) is 5.96 Å². The first-order chi connectivity index (χ1) is 12.3. The Kier molecular flexibility index (Phi) is 10.4. The number of likely N-dealkylation sites (tertiary alicyclic amines) is 1. The van der Waals surface area contributed by atoms with E-state index in [9.17, 15) is 4.79 Å². The van der Waals surface area contributed by atoms with Gasteiger partial charge in [0.05, 0.1) is 0 Å². The first kappa shape index (κ1) is 22.5. The van der Waals surface area contributed by atoms with Crippen LogP contribution in [-0.2, 0) is 4.74 Å². The number of aliphatic imine (C=N–C) groups is 1. The third-order valence-corrected chi connectivity index (χ3v) is 4.36. The summed E-state index contributed by atoms with van der Waals surface area (Å²) in [5.41, 5.74) is -0.458. The zero-order valence-corrected chi connectivity index (χ0v) is 17.4. The first-order valence-electron chi connectivity index (χ1n) is 9.94. The number of amides is 1. The monoisotopic (exact) mass is 369 g/mol. The van der Waals surface area contributed by atoms with Crippen LogP contribution in [0.25, 0.3) is 0 Å². The Morgan fingerprint density at radius 3 is 2.23 bits per heavy atom. The zero-order valence-electron chi connectivity index (χ0n) is 17.4. The van der Waals surface area contributed by atoms with Crippen molar-refractivity contribution in [3.8, 4) is 0 Å². The molecule has 0 aromatic carbocycles. The second kappa shape index (κ2) is 12.0. The molecule has 26 heavy (non-hydrogen) atoms. The maximum Gasteiger partial charge on any atom is 0.407 e. The number of piperidine rings is 1. The van der Waals surface area contributed by atoms with E-state index in [1.807, 2.05) is 20.8 Å². The van der Waals surface area contributed by atoms with Crippen molar-refractivity contribution in [2.75, 3.05) is 46.3 Å². The Bertz CT molecular complexity index is 426. The van der Waals surface area contributed by atoms with Gasteiger partial charge >= 0.3 is 6.09 Å². The molecule has 0 spiro atoms. The minimum absolute atomic E-state index is 0.368. The number of carbonyl (C=O) groups excluding carboxylic acids is 1. The van der Waals surface area contributed by atoms with Crippen LogP contribution in [0, 0.1) is 5.92 Å². The summed E-state index contributed by atoms with van der Waals surface area (Å²) in [5.74, 6) is 1.70. The summed E-state index contributed by atoms with van der Waals surface area (Å²) in [7, 11) is 1.78. The van der Waals surface area contributed by atoms with Crippen LogP contribution in [-0.4, -0.2) is 68.9 Å². The molecule has 0 aromatic rings. The third kappa shape index (κ3) is 11.2. The molecule has 1 rings (SSSR count). The van der Waals surface area contributed by atoms with Crippen LogP contribution in [0.5, 0.6) is 0 Å². The van der Waals surface area contributed by atoms with Gasteiger partial charge in [-0.25, -0.2) is 4.79 Å². The van der Waals surface area contributed by atoms with Gasteiger partial charge in [-0.1, -0.05) is 6.92 Å². The molecule has 3 N–H and O–H groups in total. The van der Waals surface area contributed by atoms with Gasteiger partial charge in [-0.15, -0.1) is 0 Å². The third-order valence-electron chi connectivity index (χ3n) is 4.36. The SMILES string of the molecule is CN=C(NCCCNC(=O)OC(C)(C)C)NCCCN1CCC(C)CC1. The molecule has 7 heteroatoms. The van der Waals surface area contributed by atoms with Crippen LogP contribution in [0.4, 0.5) is 4.79 Å². The smallest absolute Gasteiger partial charge is 0.407 e. The van der Waals surface area contributed by atoms with Crippen molar-refractivity contribution in [2.45, 2.75) is 59.0 Å². The number of nitrogens with one attached hydrogen (secondary N) is 3. The van der Waals surface area contributed by atoms with Crippen molar-refractivity contribution < 1.29 is 9.53 Å². The number of nitrogens with zero attached hydrogens (tertiary/aromatic N) is 2. The lowest BCUT2D eigenvalue weighted by molar-refractivity contribution is 0.0527. The highest BCUT2D eigenvalue weighted by molar-refractivity contribution is 5.79. The molecule has 1 heterocycles. The normalized spacial score (nSPS) is 17.0. The van der Waals surface area contributed by atoms with Gasteiger partial charge in [-0.05, 0) is 72.0 Å². The van der Waals surface area contributed by atoms with Crippen LogP contribution < -0.4 is 16.0 Å². The number of guanidine groups is 1. The summed E-state index contributed by atoms with van der Waals surface area (Å²) in [5, 5.41) is 9.37. The topological polar surface area (TPSA) is 78.0 Å². The Hall–Kier alpha value is -1.50. The van der Waals surface area contributed by atoms with E-state index in [1.54, 1.807) is 7.05 Å². The molecule has 1 fully saturated rings. The van der Waals surface area contributed by atoms with E-state index in [-0.39, 0.29) is 6.09 Å². The second-order valence-corrected chi connectivity index (χ2v) is 8.09. The highest BCUT2D eigenvalue weighted by Gasteiger charge is 2.16. The largest absolute Gasteiger partial charge is 0.444 e. The molecule has 0 aromatic heterocycles. The summed E-state index contributed by atoms with van der Waals surface area (Å²) in [6, 6.07) is 0. The Morgan fingerprint density at radius 1 is 1.08 bits per heavy atom. The highest BCUT2D eigenvalue weighted by Crippen LogP contribution is 2.15. The van der Waals surface area contributed by atoms with Crippen LogP contribution in [0.1, 0.15) is 53.4 Å². The number of ether oxygens (including phenoxy) is 1. The maximum atomic E-state index is 11.5. The number of hydrogen-bond acceptors (Lipinski definition) is 4. The fraction of sp³-hybridized carbons (Fsp3) is 0.895. The number of hydrogen-bond donors (Lipinski definition) is 3. The molecular formula is C19H39N5O2. The lowest BCUT2D eigenvalue weighted by Crippen LogP contribution is -2.41. The van der Waals surface area contributed by atoms with Crippen molar-refractivity contribution in [2.24, 2.45) is 10.9 Å². The summed E-state index contributed by atoms with van der Waals surface area (Å²) in [4.78, 5) is 18.3. The van der Waals surface area contributed by atoms with E-state index in [1.165, 1.54) is 25.9 Å². The molecule has 1 saturated heterocycles. The molecule has 7 nitrogen and oxygen atoms in total. The summed E-state index contributed by atoms with van der Waals surface area (Å²) < 4.78 is 5.20. The predicted octanol–water partition coefficient (Wildman–Crippen LogP) is 2.19. The molecule has 0 bridgehead atoms. The van der Waals surface area contributed by atoms with E-state index >= 15 is 0 Å². The lowest BCUT2D eigenvalue weighted by Gasteiger charge is -2.30. The quantitative estimate of drug-likeness (QED) is 0.347. The fourth-order valence-corrected chi connectivity index (χ4v) is 2.82. The van der Waals surface area contributed by atoms with E-state index < -0.39 is 5.60 Å². The summed E-state index contributed by atoms with van der Waals surface area (Å²) >= 11 is 0. The van der Waals surface area contributed by atoms with Crippen LogP contribution in [0.2, 0.25) is 0 Å². The zero-order chi connectivity index (χ0) is 19.4. The van der Waals surface area contributed by atoms with Gasteiger partial charge in [0, 0.05) is 26.7 Å². The van der Waals surface area contributed by atoms with Crippen LogP contribution in [0.3, 0.4) is 0 Å². The lowest BCUT2D eigenvalue weighted by atomic mass is 9.99. The van der Waals surface area contributed by atoms with E-state index in [0.717, 1.165) is 44.4 Å². The molecule has 0 unspecified atom stereocenters. The first-order valence-corrected chi connectivity index (χ1v) is 9.94. The molecule has 0 atom stereocenters. The van der Waals surface area contributed by atoms with Crippen molar-refractivity contribution >= 4 is 12.1 Å². The minimum Gasteiger partial charge on any atom is -0.444 e. The molecule has 0 saturated carbocycles. The Labute approximate surface area is 159 Å². The van der Waals surface area contributed by atoms with Crippen molar-refractivity contribution in [3.63, 3.8) is 0 Å². The summed E-state index contributed by atoms with van der Waals surface area (Å²) in [6.07, 6.45) is 4.22.